The van der Waals surface area contributed by atoms with Crippen LogP contribution in [0.4, 0.5) is 5.82 Å². The Balaban J connectivity index is 1.91. The SMILES string of the molecule is Cc1cccc(NC(=O)c2[nH]c(C)c(S(=O)(=O)N3CCCCCC3)c2C)n1. The lowest BCUT2D eigenvalue weighted by Gasteiger charge is -2.20. The fraction of sp³-hybridized carbons (Fsp3) is 0.474. The van der Waals surface area contributed by atoms with Crippen LogP contribution in [0, 0.1) is 20.8 Å². The predicted molar refractivity (Wildman–Crippen MR) is 104 cm³/mol. The Morgan fingerprint density at radius 3 is 2.41 bits per heavy atom. The molecule has 0 aliphatic carbocycles. The normalized spacial score (nSPS) is 16.1. The molecule has 2 aromatic heterocycles. The third kappa shape index (κ3) is 4.06. The van der Waals surface area contributed by atoms with E-state index in [1.807, 2.05) is 13.0 Å². The average Bonchev–Trinajstić information content (AvgIpc) is 2.79. The smallest absolute Gasteiger partial charge is 0.273 e. The van der Waals surface area contributed by atoms with Crippen LogP contribution >= 0.6 is 0 Å². The molecule has 0 spiro atoms. The van der Waals surface area contributed by atoms with Gasteiger partial charge >= 0.3 is 0 Å². The second-order valence-electron chi connectivity index (χ2n) is 7.02. The third-order valence-corrected chi connectivity index (χ3v) is 7.06. The van der Waals surface area contributed by atoms with Gasteiger partial charge in [-0.05, 0) is 51.3 Å². The zero-order valence-corrected chi connectivity index (χ0v) is 16.8. The summed E-state index contributed by atoms with van der Waals surface area (Å²) in [6.45, 7) is 6.26. The molecule has 0 saturated carbocycles. The lowest BCUT2D eigenvalue weighted by Crippen LogP contribution is -2.32. The molecule has 1 aliphatic rings. The average molecular weight is 391 g/mol. The first-order chi connectivity index (χ1) is 12.8. The number of amides is 1. The molecule has 2 aromatic rings. The van der Waals surface area contributed by atoms with E-state index in [-0.39, 0.29) is 10.6 Å². The van der Waals surface area contributed by atoms with Gasteiger partial charge in [0.15, 0.2) is 0 Å². The molecule has 3 heterocycles. The number of rotatable bonds is 4. The largest absolute Gasteiger partial charge is 0.353 e. The van der Waals surface area contributed by atoms with Crippen molar-refractivity contribution in [2.24, 2.45) is 0 Å². The number of carbonyl (C=O) groups excluding carboxylic acids is 1. The standard InChI is InChI=1S/C19H26N4O3S/c1-13-9-8-10-16(20-13)22-19(24)17-14(2)18(15(3)21-17)27(25,26)23-11-6-4-5-7-12-23/h8-10,21H,4-7,11-12H2,1-3H3,(H,20,22,24). The monoisotopic (exact) mass is 390 g/mol. The van der Waals surface area contributed by atoms with Gasteiger partial charge in [-0.15, -0.1) is 0 Å². The molecule has 1 fully saturated rings. The number of hydrogen-bond donors (Lipinski definition) is 2. The van der Waals surface area contributed by atoms with Gasteiger partial charge in [0.1, 0.15) is 16.4 Å². The molecule has 146 valence electrons. The van der Waals surface area contributed by atoms with Gasteiger partial charge in [0.2, 0.25) is 10.0 Å². The number of hydrogen-bond acceptors (Lipinski definition) is 4. The number of sulfonamides is 1. The maximum absolute atomic E-state index is 13.2. The number of pyridine rings is 1. The van der Waals surface area contributed by atoms with Crippen LogP contribution < -0.4 is 5.32 Å². The van der Waals surface area contributed by atoms with Crippen LogP contribution in [0.3, 0.4) is 0 Å². The second kappa shape index (κ2) is 7.82. The molecule has 27 heavy (non-hydrogen) atoms. The van der Waals surface area contributed by atoms with Crippen LogP contribution in [0.5, 0.6) is 0 Å². The van der Waals surface area contributed by atoms with Gasteiger partial charge in [0, 0.05) is 24.5 Å². The van der Waals surface area contributed by atoms with E-state index in [0.29, 0.717) is 30.2 Å². The summed E-state index contributed by atoms with van der Waals surface area (Å²) in [5.74, 6) is 0.0367. The molecule has 3 rings (SSSR count). The molecule has 0 radical (unpaired) electrons. The molecular formula is C19H26N4O3S. The Hall–Kier alpha value is -2.19. The highest BCUT2D eigenvalue weighted by molar-refractivity contribution is 7.89. The van der Waals surface area contributed by atoms with Crippen molar-refractivity contribution in [2.45, 2.75) is 51.3 Å². The lowest BCUT2D eigenvalue weighted by molar-refractivity contribution is 0.102. The van der Waals surface area contributed by atoms with Gasteiger partial charge < -0.3 is 10.3 Å². The highest BCUT2D eigenvalue weighted by atomic mass is 32.2. The molecule has 2 N–H and O–H groups in total. The van der Waals surface area contributed by atoms with Crippen LogP contribution in [0.25, 0.3) is 0 Å². The van der Waals surface area contributed by atoms with E-state index in [0.717, 1.165) is 31.4 Å². The van der Waals surface area contributed by atoms with E-state index in [1.165, 1.54) is 0 Å². The van der Waals surface area contributed by atoms with Crippen molar-refractivity contribution in [1.82, 2.24) is 14.3 Å². The van der Waals surface area contributed by atoms with Gasteiger partial charge in [0.25, 0.3) is 5.91 Å². The van der Waals surface area contributed by atoms with E-state index in [4.69, 9.17) is 0 Å². The fourth-order valence-electron chi connectivity index (χ4n) is 3.55. The summed E-state index contributed by atoms with van der Waals surface area (Å²) in [5, 5.41) is 2.73. The highest BCUT2D eigenvalue weighted by Crippen LogP contribution is 2.28. The first kappa shape index (κ1) is 19.6. The minimum Gasteiger partial charge on any atom is -0.353 e. The molecule has 1 amide bonds. The van der Waals surface area contributed by atoms with Crippen LogP contribution in [-0.4, -0.2) is 41.7 Å². The summed E-state index contributed by atoms with van der Waals surface area (Å²) in [5.41, 5.74) is 1.97. The van der Waals surface area contributed by atoms with Crippen molar-refractivity contribution in [3.63, 3.8) is 0 Å². The van der Waals surface area contributed by atoms with Crippen LogP contribution in [0.2, 0.25) is 0 Å². The molecule has 0 bridgehead atoms. The van der Waals surface area contributed by atoms with Gasteiger partial charge in [-0.3, -0.25) is 4.79 Å². The zero-order valence-electron chi connectivity index (χ0n) is 16.0. The van der Waals surface area contributed by atoms with Crippen molar-refractivity contribution >= 4 is 21.7 Å². The molecule has 0 atom stereocenters. The molecule has 0 unspecified atom stereocenters. The van der Waals surface area contributed by atoms with E-state index >= 15 is 0 Å². The molecule has 1 saturated heterocycles. The first-order valence-electron chi connectivity index (χ1n) is 9.25. The maximum Gasteiger partial charge on any atom is 0.273 e. The van der Waals surface area contributed by atoms with Crippen molar-refractivity contribution in [3.8, 4) is 0 Å². The maximum atomic E-state index is 13.2. The minimum absolute atomic E-state index is 0.215. The Kier molecular flexibility index (Phi) is 5.67. The Morgan fingerprint density at radius 1 is 1.11 bits per heavy atom. The van der Waals surface area contributed by atoms with Crippen LogP contribution in [0.15, 0.2) is 23.1 Å². The lowest BCUT2D eigenvalue weighted by atomic mass is 10.2. The van der Waals surface area contributed by atoms with Crippen molar-refractivity contribution < 1.29 is 13.2 Å². The summed E-state index contributed by atoms with van der Waals surface area (Å²) >= 11 is 0. The van der Waals surface area contributed by atoms with Gasteiger partial charge in [-0.1, -0.05) is 18.9 Å². The van der Waals surface area contributed by atoms with E-state index in [1.54, 1.807) is 30.3 Å². The van der Waals surface area contributed by atoms with Gasteiger partial charge in [-0.25, -0.2) is 13.4 Å². The predicted octanol–water partition coefficient (Wildman–Crippen LogP) is 3.15. The Labute approximate surface area is 160 Å². The van der Waals surface area contributed by atoms with Crippen LogP contribution in [0.1, 0.15) is 53.1 Å². The number of nitrogens with one attached hydrogen (secondary N) is 2. The van der Waals surface area contributed by atoms with E-state index < -0.39 is 15.9 Å². The Morgan fingerprint density at radius 2 is 1.78 bits per heavy atom. The summed E-state index contributed by atoms with van der Waals surface area (Å²) in [6.07, 6.45) is 3.84. The van der Waals surface area contributed by atoms with Crippen LogP contribution in [-0.2, 0) is 10.0 Å². The number of aromatic amines is 1. The highest BCUT2D eigenvalue weighted by Gasteiger charge is 2.32. The van der Waals surface area contributed by atoms with Crippen molar-refractivity contribution in [3.05, 3.63) is 40.8 Å². The number of anilines is 1. The number of H-pyrrole nitrogens is 1. The molecule has 8 heteroatoms. The zero-order chi connectivity index (χ0) is 19.6. The summed E-state index contributed by atoms with van der Waals surface area (Å²) < 4.78 is 27.9. The summed E-state index contributed by atoms with van der Waals surface area (Å²) in [7, 11) is -3.63. The fourth-order valence-corrected chi connectivity index (χ4v) is 5.47. The second-order valence-corrected chi connectivity index (χ2v) is 8.89. The van der Waals surface area contributed by atoms with E-state index in [9.17, 15) is 13.2 Å². The Bertz CT molecular complexity index is 942. The van der Waals surface area contributed by atoms with Crippen molar-refractivity contribution in [1.29, 1.82) is 0 Å². The summed E-state index contributed by atoms with van der Waals surface area (Å²) in [6, 6.07) is 5.34. The van der Waals surface area contributed by atoms with Crippen molar-refractivity contribution in [2.75, 3.05) is 18.4 Å². The quantitative estimate of drug-likeness (QED) is 0.838. The molecule has 0 aromatic carbocycles. The number of carbonyl (C=O) groups is 1. The summed E-state index contributed by atoms with van der Waals surface area (Å²) in [4.78, 5) is 20.1. The number of aryl methyl sites for hydroxylation is 2. The number of aromatic nitrogens is 2. The molecular weight excluding hydrogens is 364 g/mol. The number of nitrogens with zero attached hydrogens (tertiary/aromatic N) is 2. The topological polar surface area (TPSA) is 95.2 Å². The van der Waals surface area contributed by atoms with Gasteiger partial charge in [-0.2, -0.15) is 4.31 Å². The first-order valence-corrected chi connectivity index (χ1v) is 10.7. The van der Waals surface area contributed by atoms with Gasteiger partial charge in [0.05, 0.1) is 0 Å². The molecule has 7 nitrogen and oxygen atoms in total. The minimum atomic E-state index is -3.63. The third-order valence-electron chi connectivity index (χ3n) is 4.89. The molecule has 1 aliphatic heterocycles. The van der Waals surface area contributed by atoms with E-state index in [2.05, 4.69) is 15.3 Å².